The first-order chi connectivity index (χ1) is 7.95. The van der Waals surface area contributed by atoms with Gasteiger partial charge in [0.2, 0.25) is 0 Å². The number of aromatic nitrogens is 1. The van der Waals surface area contributed by atoms with Crippen LogP contribution in [0.2, 0.25) is 0 Å². The summed E-state index contributed by atoms with van der Waals surface area (Å²) in [6, 6.07) is 15.9. The number of hydrogen-bond acceptors (Lipinski definition) is 2. The van der Waals surface area contributed by atoms with Gasteiger partial charge >= 0.3 is 0 Å². The summed E-state index contributed by atoms with van der Waals surface area (Å²) in [5.74, 6) is 0. The minimum Gasteiger partial charge on any atom is -0.279 e. The minimum absolute atomic E-state index is 0.765. The summed E-state index contributed by atoms with van der Waals surface area (Å²) >= 11 is 0. The summed E-state index contributed by atoms with van der Waals surface area (Å²) in [5, 5.41) is 4.14. The molecule has 1 aromatic carbocycles. The number of para-hydroxylation sites is 1. The van der Waals surface area contributed by atoms with Crippen LogP contribution >= 0.6 is 0 Å². The Hall–Kier alpha value is -2.16. The first kappa shape index (κ1) is 10.4. The van der Waals surface area contributed by atoms with Gasteiger partial charge in [-0.05, 0) is 12.1 Å². The van der Waals surface area contributed by atoms with Crippen LogP contribution < -0.4 is 9.99 Å². The van der Waals surface area contributed by atoms with E-state index < -0.39 is 0 Å². The van der Waals surface area contributed by atoms with E-state index in [9.17, 15) is 0 Å². The molecule has 1 heterocycles. The van der Waals surface area contributed by atoms with Crippen LogP contribution in [0.15, 0.2) is 66.0 Å². The van der Waals surface area contributed by atoms with Crippen LogP contribution in [0.4, 0.5) is 5.69 Å². The number of nitrogens with zero attached hydrogens (tertiary/aromatic N) is 2. The molecular formula is C13H14N3+. The number of pyridine rings is 1. The van der Waals surface area contributed by atoms with Crippen molar-refractivity contribution in [3.63, 3.8) is 0 Å². The van der Waals surface area contributed by atoms with Gasteiger partial charge in [-0.2, -0.15) is 9.67 Å². The maximum Gasteiger partial charge on any atom is 0.185 e. The molecule has 0 bridgehead atoms. The van der Waals surface area contributed by atoms with Crippen molar-refractivity contribution < 1.29 is 4.57 Å². The molecule has 0 unspecified atom stereocenters. The Balaban J connectivity index is 1.83. The zero-order valence-corrected chi connectivity index (χ0v) is 8.95. The third-order valence-corrected chi connectivity index (χ3v) is 2.13. The van der Waals surface area contributed by atoms with Gasteiger partial charge in [0.15, 0.2) is 18.9 Å². The predicted octanol–water partition coefficient (Wildman–Crippen LogP) is 2.07. The number of nitrogens with one attached hydrogen (secondary N) is 1. The fourth-order valence-corrected chi connectivity index (χ4v) is 1.32. The molecule has 2 rings (SSSR count). The number of anilines is 1. The molecule has 80 valence electrons. The SMILES string of the molecule is C(/C[n+]1ccccc1)=N\Nc1ccccc1. The first-order valence-electron chi connectivity index (χ1n) is 5.22. The highest BCUT2D eigenvalue weighted by Gasteiger charge is 1.92. The van der Waals surface area contributed by atoms with Crippen molar-refractivity contribution in [3.8, 4) is 0 Å². The van der Waals surface area contributed by atoms with Crippen molar-refractivity contribution in [3.05, 3.63) is 60.9 Å². The molecular weight excluding hydrogens is 198 g/mol. The van der Waals surface area contributed by atoms with E-state index in [0.29, 0.717) is 0 Å². The Morgan fingerprint density at radius 3 is 2.44 bits per heavy atom. The molecule has 0 aliphatic heterocycles. The zero-order valence-electron chi connectivity index (χ0n) is 8.95. The summed E-state index contributed by atoms with van der Waals surface area (Å²) in [6.45, 7) is 0.765. The Kier molecular flexibility index (Phi) is 3.66. The lowest BCUT2D eigenvalue weighted by atomic mass is 10.3. The van der Waals surface area contributed by atoms with Crippen LogP contribution in [-0.4, -0.2) is 6.21 Å². The van der Waals surface area contributed by atoms with Gasteiger partial charge in [-0.3, -0.25) is 5.43 Å². The smallest absolute Gasteiger partial charge is 0.185 e. The van der Waals surface area contributed by atoms with Crippen LogP contribution in [-0.2, 0) is 6.54 Å². The molecule has 2 aromatic rings. The van der Waals surface area contributed by atoms with E-state index in [2.05, 4.69) is 15.1 Å². The maximum absolute atomic E-state index is 4.14. The number of benzene rings is 1. The maximum atomic E-state index is 4.14. The Bertz CT molecular complexity index is 394. The Labute approximate surface area is 95.1 Å². The molecule has 0 radical (unpaired) electrons. The van der Waals surface area contributed by atoms with Crippen LogP contribution in [0.1, 0.15) is 0 Å². The lowest BCUT2D eigenvalue weighted by Gasteiger charge is -1.97. The third-order valence-electron chi connectivity index (χ3n) is 2.13. The molecule has 3 nitrogen and oxygen atoms in total. The molecule has 16 heavy (non-hydrogen) atoms. The molecule has 0 fully saturated rings. The Morgan fingerprint density at radius 1 is 1.00 bits per heavy atom. The van der Waals surface area contributed by atoms with Crippen LogP contribution in [0.5, 0.6) is 0 Å². The van der Waals surface area contributed by atoms with E-state index in [-0.39, 0.29) is 0 Å². The van der Waals surface area contributed by atoms with Gasteiger partial charge in [-0.25, -0.2) is 0 Å². The van der Waals surface area contributed by atoms with Gasteiger partial charge < -0.3 is 0 Å². The van der Waals surface area contributed by atoms with E-state index in [1.54, 1.807) is 0 Å². The fourth-order valence-electron chi connectivity index (χ4n) is 1.32. The summed E-state index contributed by atoms with van der Waals surface area (Å²) in [6.07, 6.45) is 5.86. The highest BCUT2D eigenvalue weighted by atomic mass is 15.3. The van der Waals surface area contributed by atoms with E-state index in [0.717, 1.165) is 12.2 Å². The number of hydrazone groups is 1. The third kappa shape index (κ3) is 3.20. The van der Waals surface area contributed by atoms with E-state index in [4.69, 9.17) is 0 Å². The van der Waals surface area contributed by atoms with Crippen molar-refractivity contribution >= 4 is 11.9 Å². The lowest BCUT2D eigenvalue weighted by molar-refractivity contribution is -0.681. The summed E-state index contributed by atoms with van der Waals surface area (Å²) in [5.41, 5.74) is 3.97. The second-order valence-corrected chi connectivity index (χ2v) is 3.36. The average molecular weight is 212 g/mol. The highest BCUT2D eigenvalue weighted by Crippen LogP contribution is 2.03. The van der Waals surface area contributed by atoms with Gasteiger partial charge in [0.1, 0.15) is 0 Å². The lowest BCUT2D eigenvalue weighted by Crippen LogP contribution is -2.33. The van der Waals surface area contributed by atoms with E-state index in [1.165, 1.54) is 0 Å². The zero-order chi connectivity index (χ0) is 11.1. The second kappa shape index (κ2) is 5.66. The fraction of sp³-hybridized carbons (Fsp3) is 0.0769. The summed E-state index contributed by atoms with van der Waals surface area (Å²) in [4.78, 5) is 0. The first-order valence-corrected chi connectivity index (χ1v) is 5.22. The van der Waals surface area contributed by atoms with Crippen molar-refractivity contribution in [2.45, 2.75) is 6.54 Å². The quantitative estimate of drug-likeness (QED) is 0.469. The van der Waals surface area contributed by atoms with Crippen LogP contribution in [0.3, 0.4) is 0 Å². The highest BCUT2D eigenvalue weighted by molar-refractivity contribution is 5.57. The molecule has 1 N–H and O–H groups in total. The molecule has 0 aliphatic carbocycles. The van der Waals surface area contributed by atoms with Gasteiger partial charge in [-0.15, -0.1) is 0 Å². The van der Waals surface area contributed by atoms with Crippen molar-refractivity contribution in [2.24, 2.45) is 5.10 Å². The van der Waals surface area contributed by atoms with E-state index >= 15 is 0 Å². The van der Waals surface area contributed by atoms with Gasteiger partial charge in [0, 0.05) is 12.1 Å². The topological polar surface area (TPSA) is 28.3 Å². The molecule has 0 atom stereocenters. The predicted molar refractivity (Wildman–Crippen MR) is 65.2 cm³/mol. The standard InChI is InChI=1S/C13H14N3/c1-3-7-13(8-4-1)15-14-9-12-16-10-5-2-6-11-16/h1-11,15H,12H2/q+1/b14-9+. The second-order valence-electron chi connectivity index (χ2n) is 3.36. The van der Waals surface area contributed by atoms with Crippen LogP contribution in [0.25, 0.3) is 0 Å². The summed E-state index contributed by atoms with van der Waals surface area (Å²) < 4.78 is 2.05. The molecule has 3 heteroatoms. The van der Waals surface area contributed by atoms with Gasteiger partial charge in [-0.1, -0.05) is 24.3 Å². The molecule has 0 saturated carbocycles. The summed E-state index contributed by atoms with van der Waals surface area (Å²) in [7, 11) is 0. The van der Waals surface area contributed by atoms with Gasteiger partial charge in [0.05, 0.1) is 11.9 Å². The monoisotopic (exact) mass is 212 g/mol. The molecule has 0 saturated heterocycles. The van der Waals surface area contributed by atoms with Crippen LogP contribution in [0, 0.1) is 0 Å². The molecule has 0 amide bonds. The number of hydrogen-bond donors (Lipinski definition) is 1. The molecule has 0 aliphatic rings. The average Bonchev–Trinajstić information content (AvgIpc) is 2.37. The van der Waals surface area contributed by atoms with Crippen molar-refractivity contribution in [1.29, 1.82) is 0 Å². The molecule has 0 spiro atoms. The largest absolute Gasteiger partial charge is 0.279 e. The van der Waals surface area contributed by atoms with Crippen molar-refractivity contribution in [1.82, 2.24) is 0 Å². The Morgan fingerprint density at radius 2 is 1.69 bits per heavy atom. The van der Waals surface area contributed by atoms with E-state index in [1.807, 2.05) is 67.1 Å². The van der Waals surface area contributed by atoms with Crippen molar-refractivity contribution in [2.75, 3.05) is 5.43 Å². The van der Waals surface area contributed by atoms with Gasteiger partial charge in [0.25, 0.3) is 0 Å². The minimum atomic E-state index is 0.765. The number of rotatable bonds is 4. The normalized spacial score (nSPS) is 10.5. The molecule has 1 aromatic heterocycles.